The molecule has 0 bridgehead atoms. The van der Waals surface area contributed by atoms with Crippen molar-refractivity contribution in [1.29, 1.82) is 0 Å². The van der Waals surface area contributed by atoms with Gasteiger partial charge in [-0.1, -0.05) is 6.07 Å². The Hall–Kier alpha value is -2.24. The summed E-state index contributed by atoms with van der Waals surface area (Å²) in [6.07, 6.45) is 0. The first kappa shape index (κ1) is 11.8. The molecule has 100 valence electrons. The van der Waals surface area contributed by atoms with Gasteiger partial charge in [-0.3, -0.25) is 9.59 Å². The van der Waals surface area contributed by atoms with Crippen LogP contribution in [0.15, 0.2) is 18.2 Å². The molecule has 2 aliphatic heterocycles. The van der Waals surface area contributed by atoms with Crippen molar-refractivity contribution in [3.8, 4) is 11.5 Å². The number of nitrogens with zero attached hydrogens (tertiary/aromatic N) is 1. The molecule has 0 radical (unpaired) electrons. The van der Waals surface area contributed by atoms with E-state index in [0.29, 0.717) is 43.4 Å². The van der Waals surface area contributed by atoms with Crippen molar-refractivity contribution in [2.75, 3.05) is 32.8 Å². The predicted molar refractivity (Wildman–Crippen MR) is 66.3 cm³/mol. The van der Waals surface area contributed by atoms with Gasteiger partial charge in [0.2, 0.25) is 5.91 Å². The first-order valence-electron chi connectivity index (χ1n) is 6.20. The fraction of sp³-hybridized carbons (Fsp3) is 0.385. The third-order valence-electron chi connectivity index (χ3n) is 3.12. The van der Waals surface area contributed by atoms with Crippen LogP contribution in [0.3, 0.4) is 0 Å². The number of hydrogen-bond acceptors (Lipinski definition) is 4. The van der Waals surface area contributed by atoms with Gasteiger partial charge in [0.1, 0.15) is 13.2 Å². The standard InChI is InChI=1S/C13H14N2O4/c16-11-8-15(5-4-14-11)13(17)9-2-1-3-10-12(9)19-7-6-18-10/h1-3H,4-8H2,(H,14,16). The SMILES string of the molecule is O=C1CN(C(=O)c2cccc3c2OCCO3)CCN1. The highest BCUT2D eigenvalue weighted by Gasteiger charge is 2.27. The highest BCUT2D eigenvalue weighted by atomic mass is 16.6. The maximum absolute atomic E-state index is 12.4. The monoisotopic (exact) mass is 262 g/mol. The van der Waals surface area contributed by atoms with Gasteiger partial charge in [0.15, 0.2) is 11.5 Å². The first-order valence-corrected chi connectivity index (χ1v) is 6.20. The summed E-state index contributed by atoms with van der Waals surface area (Å²) in [6, 6.07) is 5.22. The minimum atomic E-state index is -0.197. The summed E-state index contributed by atoms with van der Waals surface area (Å²) in [5.41, 5.74) is 0.451. The fourth-order valence-corrected chi connectivity index (χ4v) is 2.22. The zero-order chi connectivity index (χ0) is 13.2. The Balaban J connectivity index is 1.89. The molecule has 0 spiro atoms. The lowest BCUT2D eigenvalue weighted by Crippen LogP contribution is -2.50. The minimum absolute atomic E-state index is 0.0867. The van der Waals surface area contributed by atoms with E-state index in [-0.39, 0.29) is 18.4 Å². The van der Waals surface area contributed by atoms with Crippen LogP contribution in [-0.2, 0) is 4.79 Å². The first-order chi connectivity index (χ1) is 9.25. The van der Waals surface area contributed by atoms with Gasteiger partial charge in [-0.15, -0.1) is 0 Å². The smallest absolute Gasteiger partial charge is 0.258 e. The van der Waals surface area contributed by atoms with Crippen molar-refractivity contribution < 1.29 is 19.1 Å². The summed E-state index contributed by atoms with van der Waals surface area (Å²) in [6.45, 7) is 1.99. The number of carbonyl (C=O) groups is 2. The number of piperazine rings is 1. The number of benzene rings is 1. The van der Waals surface area contributed by atoms with Crippen molar-refractivity contribution in [1.82, 2.24) is 10.2 Å². The maximum atomic E-state index is 12.4. The molecule has 2 heterocycles. The molecule has 1 aromatic carbocycles. The van der Waals surface area contributed by atoms with Gasteiger partial charge < -0.3 is 19.7 Å². The van der Waals surface area contributed by atoms with Crippen LogP contribution in [0.4, 0.5) is 0 Å². The molecule has 3 rings (SSSR count). The van der Waals surface area contributed by atoms with E-state index in [1.807, 2.05) is 0 Å². The van der Waals surface area contributed by atoms with Crippen LogP contribution < -0.4 is 14.8 Å². The second-order valence-corrected chi connectivity index (χ2v) is 4.41. The van der Waals surface area contributed by atoms with Crippen molar-refractivity contribution in [2.45, 2.75) is 0 Å². The molecular formula is C13H14N2O4. The zero-order valence-electron chi connectivity index (χ0n) is 10.3. The topological polar surface area (TPSA) is 67.9 Å². The molecule has 1 saturated heterocycles. The predicted octanol–water partition coefficient (Wildman–Crippen LogP) is 0.0298. The molecule has 0 atom stereocenters. The number of fused-ring (bicyclic) bond motifs is 1. The molecule has 0 unspecified atom stereocenters. The van der Waals surface area contributed by atoms with Gasteiger partial charge in [0.05, 0.1) is 12.1 Å². The molecule has 6 heteroatoms. The molecule has 1 fully saturated rings. The van der Waals surface area contributed by atoms with E-state index in [0.717, 1.165) is 0 Å². The number of nitrogens with one attached hydrogen (secondary N) is 1. The second kappa shape index (κ2) is 4.79. The molecule has 1 N–H and O–H groups in total. The molecule has 19 heavy (non-hydrogen) atoms. The summed E-state index contributed by atoms with van der Waals surface area (Å²) in [4.78, 5) is 25.3. The molecule has 6 nitrogen and oxygen atoms in total. The van der Waals surface area contributed by atoms with E-state index in [4.69, 9.17) is 9.47 Å². The summed E-state index contributed by atoms with van der Waals surface area (Å²) in [5, 5.41) is 2.69. The number of carbonyl (C=O) groups excluding carboxylic acids is 2. The molecule has 0 saturated carbocycles. The van der Waals surface area contributed by atoms with Crippen LogP contribution in [-0.4, -0.2) is 49.6 Å². The van der Waals surface area contributed by atoms with Crippen molar-refractivity contribution in [2.24, 2.45) is 0 Å². The van der Waals surface area contributed by atoms with E-state index in [1.54, 1.807) is 18.2 Å². The summed E-state index contributed by atoms with van der Waals surface area (Å²) >= 11 is 0. The van der Waals surface area contributed by atoms with E-state index < -0.39 is 0 Å². The van der Waals surface area contributed by atoms with Gasteiger partial charge in [-0.05, 0) is 12.1 Å². The zero-order valence-corrected chi connectivity index (χ0v) is 10.3. The number of para-hydroxylation sites is 1. The normalized spacial score (nSPS) is 17.9. The number of amides is 2. The maximum Gasteiger partial charge on any atom is 0.258 e. The average molecular weight is 262 g/mol. The number of ether oxygens (including phenoxy) is 2. The number of hydrogen-bond donors (Lipinski definition) is 1. The Bertz CT molecular complexity index is 529. The van der Waals surface area contributed by atoms with E-state index in [2.05, 4.69) is 5.32 Å². The molecule has 1 aromatic rings. The van der Waals surface area contributed by atoms with Gasteiger partial charge >= 0.3 is 0 Å². The second-order valence-electron chi connectivity index (χ2n) is 4.41. The van der Waals surface area contributed by atoms with Gasteiger partial charge in [0, 0.05) is 13.1 Å². The Morgan fingerprint density at radius 3 is 2.95 bits per heavy atom. The fourth-order valence-electron chi connectivity index (χ4n) is 2.22. The van der Waals surface area contributed by atoms with Gasteiger partial charge in [-0.25, -0.2) is 0 Å². The van der Waals surface area contributed by atoms with Crippen LogP contribution in [0.25, 0.3) is 0 Å². The van der Waals surface area contributed by atoms with Crippen LogP contribution in [0.1, 0.15) is 10.4 Å². The third kappa shape index (κ3) is 2.21. The molecule has 2 aliphatic rings. The highest BCUT2D eigenvalue weighted by Crippen LogP contribution is 2.34. The quantitative estimate of drug-likeness (QED) is 0.775. The molecule has 0 aliphatic carbocycles. The Labute approximate surface area is 110 Å². The summed E-state index contributed by atoms with van der Waals surface area (Å²) in [5.74, 6) is 0.724. The number of rotatable bonds is 1. The van der Waals surface area contributed by atoms with Crippen LogP contribution in [0.2, 0.25) is 0 Å². The van der Waals surface area contributed by atoms with Crippen LogP contribution in [0.5, 0.6) is 11.5 Å². The van der Waals surface area contributed by atoms with Crippen molar-refractivity contribution >= 4 is 11.8 Å². The van der Waals surface area contributed by atoms with Crippen LogP contribution in [0, 0.1) is 0 Å². The Morgan fingerprint density at radius 2 is 2.11 bits per heavy atom. The van der Waals surface area contributed by atoms with Crippen molar-refractivity contribution in [3.63, 3.8) is 0 Å². The lowest BCUT2D eigenvalue weighted by Gasteiger charge is -2.28. The van der Waals surface area contributed by atoms with E-state index >= 15 is 0 Å². The summed E-state index contributed by atoms with van der Waals surface area (Å²) < 4.78 is 11.0. The van der Waals surface area contributed by atoms with Crippen LogP contribution >= 0.6 is 0 Å². The minimum Gasteiger partial charge on any atom is -0.486 e. The Kier molecular flexibility index (Phi) is 2.98. The molecular weight excluding hydrogens is 248 g/mol. The average Bonchev–Trinajstić information content (AvgIpc) is 2.46. The third-order valence-corrected chi connectivity index (χ3v) is 3.12. The van der Waals surface area contributed by atoms with Crippen molar-refractivity contribution in [3.05, 3.63) is 23.8 Å². The highest BCUT2D eigenvalue weighted by molar-refractivity contribution is 6.00. The molecule has 0 aromatic heterocycles. The van der Waals surface area contributed by atoms with E-state index in [1.165, 1.54) is 4.90 Å². The van der Waals surface area contributed by atoms with Gasteiger partial charge in [0.25, 0.3) is 5.91 Å². The van der Waals surface area contributed by atoms with E-state index in [9.17, 15) is 9.59 Å². The summed E-state index contributed by atoms with van der Waals surface area (Å²) in [7, 11) is 0. The largest absolute Gasteiger partial charge is 0.486 e. The molecule has 2 amide bonds. The van der Waals surface area contributed by atoms with Gasteiger partial charge in [-0.2, -0.15) is 0 Å². The lowest BCUT2D eigenvalue weighted by molar-refractivity contribution is -0.123. The lowest BCUT2D eigenvalue weighted by atomic mass is 10.1. The Morgan fingerprint density at radius 1 is 1.26 bits per heavy atom.